The number of aromatic nitrogens is 6. The Balaban J connectivity index is 0.000000238. The number of urea groups is 1. The number of carbonyl (C=O) groups excluding carboxylic acids is 1. The Bertz CT molecular complexity index is 1690. The standard InChI is InChI=1S/C15H20N6O8.C10H15N3O5/c1-5(23)7(14(26)27)19-15(28)20-11-8-12(17-3-16-11)21(4-18-8)13-10(25)9(24)6(2-22)29-13;1-12-6(11)2-3-13(10(12)17)9-8(16)7(15)5(4-14)18-9/h3-7,9-10,13,22-25H,2H2,1H3,(H,26,27)(H2,16,17,19,20,28);2-3,5,7-9,11,14-16H,4H2,1H3/t5-,6-,7+,9-,10-,13-;5-,7-,8-,9-/m11/s1. The van der Waals surface area contributed by atoms with Crippen LogP contribution in [-0.4, -0.2) is 143 Å². The minimum absolute atomic E-state index is 0.0167. The molecule has 5 rings (SSSR count). The number of hydrogen-bond donors (Lipinski definition) is 11. The van der Waals surface area contributed by atoms with Crippen LogP contribution in [0.15, 0.2) is 29.7 Å². The molecule has 0 spiro atoms. The number of nitrogens with one attached hydrogen (secondary N) is 3. The highest BCUT2D eigenvalue weighted by Crippen LogP contribution is 2.32. The van der Waals surface area contributed by atoms with Gasteiger partial charge in [0.15, 0.2) is 35.5 Å². The number of aliphatic hydroxyl groups is 7. The minimum atomic E-state index is -1.54. The SMILES string of the molecule is C[C@@H](O)[C@H](NC(=O)Nc1ncnc2c1ncn2[C@@H]1O[C@H](CO)[C@@H](O)[C@H]1O)C(=O)O.Cn1c(=N)ccn([C@@H]2O[C@H](CO)[C@@H](O)[C@H]2O)c1=O. The van der Waals surface area contributed by atoms with Gasteiger partial charge in [0.25, 0.3) is 0 Å². The van der Waals surface area contributed by atoms with E-state index in [2.05, 4.69) is 25.6 Å². The molecule has 0 saturated carbocycles. The summed E-state index contributed by atoms with van der Waals surface area (Å²) in [6.07, 6.45) is -7.01. The van der Waals surface area contributed by atoms with Crippen molar-refractivity contribution < 1.29 is 59.9 Å². The Morgan fingerprint density at radius 1 is 0.979 bits per heavy atom. The van der Waals surface area contributed by atoms with E-state index in [1.807, 2.05) is 0 Å². The number of anilines is 1. The molecule has 258 valence electrons. The summed E-state index contributed by atoms with van der Waals surface area (Å²) in [5, 5.41) is 88.0. The van der Waals surface area contributed by atoms with E-state index in [1.54, 1.807) is 0 Å². The molecule has 22 nitrogen and oxygen atoms in total. The van der Waals surface area contributed by atoms with E-state index < -0.39 is 92.1 Å². The van der Waals surface area contributed by atoms with Gasteiger partial charge in [0.05, 0.1) is 25.6 Å². The van der Waals surface area contributed by atoms with Crippen molar-refractivity contribution >= 4 is 29.0 Å². The molecular formula is C25H35N9O13. The molecule has 10 atom stereocenters. The molecule has 2 aliphatic heterocycles. The number of imidazole rings is 1. The topological polar surface area (TPSA) is 333 Å². The first-order valence-electron chi connectivity index (χ1n) is 13.9. The van der Waals surface area contributed by atoms with E-state index in [-0.39, 0.29) is 22.5 Å². The van der Waals surface area contributed by atoms with Crippen LogP contribution in [-0.2, 0) is 21.3 Å². The highest BCUT2D eigenvalue weighted by atomic mass is 16.6. The van der Waals surface area contributed by atoms with Crippen LogP contribution in [0.1, 0.15) is 19.4 Å². The number of aliphatic hydroxyl groups excluding tert-OH is 7. The molecule has 2 amide bonds. The second-order valence-electron chi connectivity index (χ2n) is 10.6. The molecule has 0 aliphatic carbocycles. The second kappa shape index (κ2) is 14.6. The van der Waals surface area contributed by atoms with Crippen LogP contribution < -0.4 is 21.8 Å². The quantitative estimate of drug-likeness (QED) is 0.107. The summed E-state index contributed by atoms with van der Waals surface area (Å²) in [7, 11) is 1.42. The lowest BCUT2D eigenvalue weighted by molar-refractivity contribution is -0.141. The van der Waals surface area contributed by atoms with E-state index in [0.29, 0.717) is 0 Å². The first-order valence-corrected chi connectivity index (χ1v) is 13.9. The van der Waals surface area contributed by atoms with E-state index in [9.17, 15) is 45.0 Å². The molecule has 3 aromatic heterocycles. The summed E-state index contributed by atoms with van der Waals surface area (Å²) in [4.78, 5) is 47.1. The molecule has 3 aromatic rings. The number of carboxylic acid groups (broad SMARTS) is 1. The summed E-state index contributed by atoms with van der Waals surface area (Å²) in [5.41, 5.74) is -0.278. The van der Waals surface area contributed by atoms with Crippen LogP contribution >= 0.6 is 0 Å². The third-order valence-electron chi connectivity index (χ3n) is 7.47. The highest BCUT2D eigenvalue weighted by Gasteiger charge is 2.45. The van der Waals surface area contributed by atoms with Crippen molar-refractivity contribution in [3.05, 3.63) is 40.9 Å². The molecule has 5 heterocycles. The highest BCUT2D eigenvalue weighted by molar-refractivity contribution is 5.97. The average molecular weight is 670 g/mol. The van der Waals surface area contributed by atoms with Crippen molar-refractivity contribution in [3.8, 4) is 0 Å². The van der Waals surface area contributed by atoms with Gasteiger partial charge in [-0.1, -0.05) is 0 Å². The van der Waals surface area contributed by atoms with Crippen LogP contribution in [0.3, 0.4) is 0 Å². The zero-order valence-electron chi connectivity index (χ0n) is 24.8. The van der Waals surface area contributed by atoms with E-state index in [1.165, 1.54) is 37.1 Å². The lowest BCUT2D eigenvalue weighted by Gasteiger charge is -2.18. The lowest BCUT2D eigenvalue weighted by atomic mass is 10.1. The molecule has 11 N–H and O–H groups in total. The maximum atomic E-state index is 12.1. The molecule has 22 heteroatoms. The molecule has 2 aliphatic rings. The summed E-state index contributed by atoms with van der Waals surface area (Å²) < 4.78 is 14.1. The van der Waals surface area contributed by atoms with Crippen molar-refractivity contribution in [3.63, 3.8) is 0 Å². The van der Waals surface area contributed by atoms with Gasteiger partial charge in [-0.3, -0.25) is 24.4 Å². The zero-order chi connectivity index (χ0) is 34.7. The Hall–Kier alpha value is -4.39. The van der Waals surface area contributed by atoms with Gasteiger partial charge in [0, 0.05) is 13.2 Å². The van der Waals surface area contributed by atoms with Crippen LogP contribution in [0, 0.1) is 5.41 Å². The molecule has 0 aromatic carbocycles. The summed E-state index contributed by atoms with van der Waals surface area (Å²) in [5.74, 6) is -1.48. The molecule has 0 radical (unpaired) electrons. The lowest BCUT2D eigenvalue weighted by Crippen LogP contribution is -2.49. The number of rotatable bonds is 8. The van der Waals surface area contributed by atoms with Crippen molar-refractivity contribution in [2.75, 3.05) is 18.5 Å². The molecule has 47 heavy (non-hydrogen) atoms. The number of amides is 2. The van der Waals surface area contributed by atoms with Gasteiger partial charge in [0.2, 0.25) is 0 Å². The van der Waals surface area contributed by atoms with Crippen LogP contribution in [0.4, 0.5) is 10.6 Å². The molecule has 2 fully saturated rings. The second-order valence-corrected chi connectivity index (χ2v) is 10.6. The van der Waals surface area contributed by atoms with Crippen molar-refractivity contribution in [2.45, 2.75) is 68.1 Å². The fraction of sp³-hybridized carbons (Fsp3) is 0.560. The first-order chi connectivity index (χ1) is 22.2. The third-order valence-corrected chi connectivity index (χ3v) is 7.47. The molecular weight excluding hydrogens is 634 g/mol. The number of ether oxygens (including phenoxy) is 2. The van der Waals surface area contributed by atoms with Crippen molar-refractivity contribution in [1.29, 1.82) is 5.41 Å². The van der Waals surface area contributed by atoms with Gasteiger partial charge in [0.1, 0.15) is 48.4 Å². The smallest absolute Gasteiger partial charge is 0.331 e. The Labute approximate surface area is 263 Å². The number of fused-ring (bicyclic) bond motifs is 1. The third kappa shape index (κ3) is 7.14. The molecule has 0 bridgehead atoms. The minimum Gasteiger partial charge on any atom is -0.480 e. The van der Waals surface area contributed by atoms with Crippen molar-refractivity contribution in [1.82, 2.24) is 34.0 Å². The van der Waals surface area contributed by atoms with Gasteiger partial charge in [-0.2, -0.15) is 0 Å². The van der Waals surface area contributed by atoms with Crippen LogP contribution in [0.2, 0.25) is 0 Å². The van der Waals surface area contributed by atoms with Crippen LogP contribution in [0.5, 0.6) is 0 Å². The van der Waals surface area contributed by atoms with E-state index in [4.69, 9.17) is 25.1 Å². The average Bonchev–Trinajstić information content (AvgIpc) is 3.68. The largest absolute Gasteiger partial charge is 0.480 e. The maximum absolute atomic E-state index is 12.1. The van der Waals surface area contributed by atoms with Gasteiger partial charge < -0.3 is 55.6 Å². The summed E-state index contributed by atoms with van der Waals surface area (Å²) in [6.45, 7) is 0.258. The van der Waals surface area contributed by atoms with Crippen LogP contribution in [0.25, 0.3) is 11.2 Å². The number of carboxylic acids is 1. The zero-order valence-corrected chi connectivity index (χ0v) is 24.8. The summed E-state index contributed by atoms with van der Waals surface area (Å²) >= 11 is 0. The van der Waals surface area contributed by atoms with Gasteiger partial charge in [-0.25, -0.2) is 29.3 Å². The van der Waals surface area contributed by atoms with E-state index >= 15 is 0 Å². The molecule has 0 unspecified atom stereocenters. The fourth-order valence-corrected chi connectivity index (χ4v) is 4.82. The number of hydrogen-bond acceptors (Lipinski definition) is 16. The van der Waals surface area contributed by atoms with Gasteiger partial charge >= 0.3 is 17.7 Å². The predicted molar refractivity (Wildman–Crippen MR) is 152 cm³/mol. The first kappa shape index (κ1) is 35.5. The fourth-order valence-electron chi connectivity index (χ4n) is 4.82. The van der Waals surface area contributed by atoms with Gasteiger partial charge in [-0.15, -0.1) is 0 Å². The number of nitrogens with zero attached hydrogens (tertiary/aromatic N) is 6. The van der Waals surface area contributed by atoms with Gasteiger partial charge in [-0.05, 0) is 13.0 Å². The molecule has 2 saturated heterocycles. The predicted octanol–water partition coefficient (Wildman–Crippen LogP) is -5.33. The van der Waals surface area contributed by atoms with Crippen molar-refractivity contribution in [2.24, 2.45) is 7.05 Å². The Morgan fingerprint density at radius 3 is 2.06 bits per heavy atom. The van der Waals surface area contributed by atoms with E-state index in [0.717, 1.165) is 15.5 Å². The number of carbonyl (C=O) groups is 2. The monoisotopic (exact) mass is 669 g/mol. The maximum Gasteiger partial charge on any atom is 0.331 e. The number of aliphatic carboxylic acids is 1. The Morgan fingerprint density at radius 2 is 1.55 bits per heavy atom. The Kier molecular flexibility index (Phi) is 11.0. The summed E-state index contributed by atoms with van der Waals surface area (Å²) in [6, 6.07) is -1.11. The normalized spacial score (nSPS) is 28.4.